The van der Waals surface area contributed by atoms with Gasteiger partial charge in [-0.25, -0.2) is 0 Å². The second-order valence-electron chi connectivity index (χ2n) is 8.12. The Morgan fingerprint density at radius 3 is 2.52 bits per heavy atom. The third kappa shape index (κ3) is 4.19. The van der Waals surface area contributed by atoms with Gasteiger partial charge < -0.3 is 4.90 Å². The van der Waals surface area contributed by atoms with Gasteiger partial charge in [-0.2, -0.15) is 10.2 Å². The summed E-state index contributed by atoms with van der Waals surface area (Å²) in [7, 11) is 0. The molecule has 0 N–H and O–H groups in total. The fourth-order valence-corrected chi connectivity index (χ4v) is 4.10. The normalized spacial score (nSPS) is 15.5. The minimum Gasteiger partial charge on any atom is -0.340 e. The van der Waals surface area contributed by atoms with Crippen LogP contribution in [-0.2, 0) is 17.9 Å². The number of piperazine rings is 1. The van der Waals surface area contributed by atoms with Crippen molar-refractivity contribution in [3.63, 3.8) is 0 Å². The van der Waals surface area contributed by atoms with Gasteiger partial charge in [0.2, 0.25) is 5.91 Å². The lowest BCUT2D eigenvalue weighted by Gasteiger charge is -2.34. The molecule has 0 bridgehead atoms. The van der Waals surface area contributed by atoms with Crippen LogP contribution in [0.5, 0.6) is 0 Å². The van der Waals surface area contributed by atoms with Crippen LogP contribution in [0.2, 0.25) is 0 Å². The summed E-state index contributed by atoms with van der Waals surface area (Å²) in [4.78, 5) is 17.1. The summed E-state index contributed by atoms with van der Waals surface area (Å²) in [6.07, 6.45) is 2.34. The Kier molecular flexibility index (Phi) is 5.67. The lowest BCUT2D eigenvalue weighted by molar-refractivity contribution is -0.133. The molecular formula is C22H30N6O. The Bertz CT molecular complexity index is 966. The molecule has 0 saturated carbocycles. The molecule has 0 radical (unpaired) electrons. The van der Waals surface area contributed by atoms with Gasteiger partial charge in [0.15, 0.2) is 0 Å². The fraction of sp³-hybridized carbons (Fsp3) is 0.500. The van der Waals surface area contributed by atoms with Crippen LogP contribution in [0.4, 0.5) is 0 Å². The molecular weight excluding hydrogens is 364 g/mol. The van der Waals surface area contributed by atoms with Crippen LogP contribution < -0.4 is 0 Å². The number of carbonyl (C=O) groups is 1. The van der Waals surface area contributed by atoms with E-state index in [-0.39, 0.29) is 11.9 Å². The second-order valence-corrected chi connectivity index (χ2v) is 8.12. The predicted molar refractivity (Wildman–Crippen MR) is 114 cm³/mol. The first kappa shape index (κ1) is 19.6. The van der Waals surface area contributed by atoms with E-state index in [1.807, 2.05) is 33.5 Å². The maximum absolute atomic E-state index is 12.7. The molecule has 29 heavy (non-hydrogen) atoms. The molecule has 154 valence electrons. The molecule has 1 aromatic carbocycles. The smallest absolute Gasteiger partial charge is 0.224 e. The van der Waals surface area contributed by atoms with E-state index in [4.69, 9.17) is 0 Å². The second kappa shape index (κ2) is 8.37. The molecule has 3 heterocycles. The highest BCUT2D eigenvalue weighted by Gasteiger charge is 2.22. The van der Waals surface area contributed by atoms with Crippen LogP contribution in [0.3, 0.4) is 0 Å². The largest absolute Gasteiger partial charge is 0.340 e. The summed E-state index contributed by atoms with van der Waals surface area (Å²) in [6.45, 7) is 11.2. The molecule has 0 unspecified atom stereocenters. The van der Waals surface area contributed by atoms with E-state index in [2.05, 4.69) is 53.2 Å². The molecule has 7 nitrogen and oxygen atoms in total. The average Bonchev–Trinajstić information content (AvgIpc) is 3.29. The molecule has 0 aliphatic carbocycles. The third-order valence-corrected chi connectivity index (χ3v) is 5.67. The van der Waals surface area contributed by atoms with E-state index in [0.717, 1.165) is 49.5 Å². The number of fused-ring (bicyclic) bond motifs is 1. The summed E-state index contributed by atoms with van der Waals surface area (Å²) in [6, 6.07) is 10.8. The van der Waals surface area contributed by atoms with Crippen molar-refractivity contribution in [1.82, 2.24) is 29.4 Å². The zero-order valence-corrected chi connectivity index (χ0v) is 17.6. The molecule has 1 aliphatic rings. The number of carbonyl (C=O) groups excluding carboxylic acids is 1. The highest BCUT2D eigenvalue weighted by atomic mass is 16.2. The van der Waals surface area contributed by atoms with Crippen LogP contribution in [0, 0.1) is 6.92 Å². The number of rotatable bonds is 6. The first-order chi connectivity index (χ1) is 14.0. The highest BCUT2D eigenvalue weighted by Crippen LogP contribution is 2.21. The van der Waals surface area contributed by atoms with E-state index < -0.39 is 0 Å². The van der Waals surface area contributed by atoms with E-state index in [0.29, 0.717) is 13.0 Å². The lowest BCUT2D eigenvalue weighted by atomic mass is 10.2. The number of benzene rings is 1. The summed E-state index contributed by atoms with van der Waals surface area (Å²) in [5, 5.41) is 9.14. The zero-order valence-electron chi connectivity index (χ0n) is 17.6. The average molecular weight is 395 g/mol. The van der Waals surface area contributed by atoms with Gasteiger partial charge >= 0.3 is 0 Å². The fourth-order valence-electron chi connectivity index (χ4n) is 4.10. The van der Waals surface area contributed by atoms with Crippen molar-refractivity contribution in [2.45, 2.75) is 46.3 Å². The Morgan fingerprint density at radius 1 is 1.10 bits per heavy atom. The molecule has 1 saturated heterocycles. The van der Waals surface area contributed by atoms with Crippen LogP contribution in [0.25, 0.3) is 11.0 Å². The number of amides is 1. The van der Waals surface area contributed by atoms with Crippen LogP contribution in [-0.4, -0.2) is 61.4 Å². The van der Waals surface area contributed by atoms with Gasteiger partial charge in [0.05, 0.1) is 18.4 Å². The molecule has 1 fully saturated rings. The standard InChI is InChI=1S/C22H30N6O/c1-17(2)28-20-15-23-27(22(20)18(3)24-28)10-9-21(29)26-13-11-25(12-14-26)16-19-7-5-4-6-8-19/h4-8,15,17H,9-14,16H2,1-3H3. The van der Waals surface area contributed by atoms with Crippen molar-refractivity contribution in [2.24, 2.45) is 0 Å². The maximum atomic E-state index is 12.7. The van der Waals surface area contributed by atoms with Gasteiger partial charge in [-0.3, -0.25) is 19.1 Å². The number of hydrogen-bond acceptors (Lipinski definition) is 4. The SMILES string of the molecule is Cc1nn(C(C)C)c2cnn(CCC(=O)N3CCN(Cc4ccccc4)CC3)c12. The molecule has 0 spiro atoms. The molecule has 1 amide bonds. The van der Waals surface area contributed by atoms with Crippen molar-refractivity contribution in [2.75, 3.05) is 26.2 Å². The minimum absolute atomic E-state index is 0.210. The van der Waals surface area contributed by atoms with Gasteiger partial charge in [0.1, 0.15) is 11.0 Å². The lowest BCUT2D eigenvalue weighted by Crippen LogP contribution is -2.48. The third-order valence-electron chi connectivity index (χ3n) is 5.67. The van der Waals surface area contributed by atoms with Gasteiger partial charge in [-0.1, -0.05) is 30.3 Å². The summed E-state index contributed by atoms with van der Waals surface area (Å²) >= 11 is 0. The molecule has 1 aliphatic heterocycles. The monoisotopic (exact) mass is 394 g/mol. The number of aryl methyl sites for hydroxylation is 2. The summed E-state index contributed by atoms with van der Waals surface area (Å²) in [5.41, 5.74) is 4.37. The van der Waals surface area contributed by atoms with Crippen molar-refractivity contribution in [3.8, 4) is 0 Å². The van der Waals surface area contributed by atoms with Gasteiger partial charge in [0.25, 0.3) is 0 Å². The number of hydrogen-bond donors (Lipinski definition) is 0. The van der Waals surface area contributed by atoms with Crippen LogP contribution >= 0.6 is 0 Å². The Balaban J connectivity index is 1.31. The summed E-state index contributed by atoms with van der Waals surface area (Å²) < 4.78 is 3.93. The van der Waals surface area contributed by atoms with Crippen molar-refractivity contribution < 1.29 is 4.79 Å². The number of nitrogens with zero attached hydrogens (tertiary/aromatic N) is 6. The first-order valence-corrected chi connectivity index (χ1v) is 10.5. The van der Waals surface area contributed by atoms with E-state index >= 15 is 0 Å². The number of aromatic nitrogens is 4. The van der Waals surface area contributed by atoms with Crippen molar-refractivity contribution in [1.29, 1.82) is 0 Å². The van der Waals surface area contributed by atoms with Gasteiger partial charge in [-0.05, 0) is 26.3 Å². The van der Waals surface area contributed by atoms with Crippen molar-refractivity contribution in [3.05, 3.63) is 47.8 Å². The highest BCUT2D eigenvalue weighted by molar-refractivity contribution is 5.79. The van der Waals surface area contributed by atoms with Gasteiger partial charge in [-0.15, -0.1) is 0 Å². The van der Waals surface area contributed by atoms with E-state index in [1.165, 1.54) is 5.56 Å². The molecule has 3 aromatic rings. The molecule has 0 atom stereocenters. The predicted octanol–water partition coefficient (Wildman–Crippen LogP) is 2.86. The van der Waals surface area contributed by atoms with Gasteiger partial charge in [0, 0.05) is 45.2 Å². The molecule has 7 heteroatoms. The Hall–Kier alpha value is -2.67. The molecule has 2 aromatic heterocycles. The minimum atomic E-state index is 0.210. The Labute approximate surface area is 171 Å². The van der Waals surface area contributed by atoms with Crippen LogP contribution in [0.1, 0.15) is 37.6 Å². The van der Waals surface area contributed by atoms with E-state index in [1.54, 1.807) is 0 Å². The van der Waals surface area contributed by atoms with Crippen molar-refractivity contribution >= 4 is 16.9 Å². The van der Waals surface area contributed by atoms with Crippen LogP contribution in [0.15, 0.2) is 36.5 Å². The maximum Gasteiger partial charge on any atom is 0.224 e. The summed E-state index contributed by atoms with van der Waals surface area (Å²) in [5.74, 6) is 0.210. The first-order valence-electron chi connectivity index (χ1n) is 10.5. The Morgan fingerprint density at radius 2 is 1.83 bits per heavy atom. The molecule has 4 rings (SSSR count). The quantitative estimate of drug-likeness (QED) is 0.645. The van der Waals surface area contributed by atoms with E-state index in [9.17, 15) is 4.79 Å². The zero-order chi connectivity index (χ0) is 20.4. The topological polar surface area (TPSA) is 59.2 Å².